The van der Waals surface area contributed by atoms with Crippen LogP contribution in [0.25, 0.3) is 0 Å². The Bertz CT molecular complexity index is 523. The maximum atomic E-state index is 11.2. The van der Waals surface area contributed by atoms with Gasteiger partial charge in [0.1, 0.15) is 6.29 Å². The van der Waals surface area contributed by atoms with Crippen molar-refractivity contribution in [2.24, 2.45) is 0 Å². The maximum Gasteiger partial charge on any atom is 0.141 e. The van der Waals surface area contributed by atoms with Crippen molar-refractivity contribution in [2.75, 3.05) is 38.1 Å². The molecule has 0 spiro atoms. The molecule has 2 aliphatic heterocycles. The second-order valence-corrected chi connectivity index (χ2v) is 6.40. The van der Waals surface area contributed by atoms with Crippen LogP contribution in [0.5, 0.6) is 0 Å². The lowest BCUT2D eigenvalue weighted by Gasteiger charge is -2.37. The highest BCUT2D eigenvalue weighted by molar-refractivity contribution is 5.66. The molecule has 1 unspecified atom stereocenters. The van der Waals surface area contributed by atoms with Gasteiger partial charge in [-0.25, -0.2) is 0 Å². The molecular formula is C18H27N3O. The molecule has 22 heavy (non-hydrogen) atoms. The normalized spacial score (nSPS) is 20.9. The number of fused-ring (bicyclic) bond motifs is 1. The molecule has 0 saturated carbocycles. The summed E-state index contributed by atoms with van der Waals surface area (Å²) in [6.45, 7) is 6.95. The Kier molecular flexibility index (Phi) is 4.79. The van der Waals surface area contributed by atoms with E-state index in [0.29, 0.717) is 6.04 Å². The van der Waals surface area contributed by atoms with Crippen LogP contribution in [0.15, 0.2) is 18.2 Å². The first-order chi connectivity index (χ1) is 10.8. The van der Waals surface area contributed by atoms with E-state index in [9.17, 15) is 4.79 Å². The zero-order valence-corrected chi connectivity index (χ0v) is 13.7. The third kappa shape index (κ3) is 2.90. The van der Waals surface area contributed by atoms with Gasteiger partial charge in [0.25, 0.3) is 0 Å². The number of nitrogens with zero attached hydrogens (tertiary/aromatic N) is 2. The summed E-state index contributed by atoms with van der Waals surface area (Å²) in [6.07, 6.45) is 4.62. The lowest BCUT2D eigenvalue weighted by Crippen LogP contribution is -2.44. The van der Waals surface area contributed by atoms with Crippen molar-refractivity contribution in [3.63, 3.8) is 0 Å². The van der Waals surface area contributed by atoms with Gasteiger partial charge in [-0.3, -0.25) is 0 Å². The van der Waals surface area contributed by atoms with Crippen molar-refractivity contribution in [3.8, 4) is 0 Å². The molecule has 0 radical (unpaired) electrons. The highest BCUT2D eigenvalue weighted by Crippen LogP contribution is 2.34. The molecule has 4 nitrogen and oxygen atoms in total. The van der Waals surface area contributed by atoms with Gasteiger partial charge in [0.15, 0.2) is 0 Å². The maximum absolute atomic E-state index is 11.2. The molecule has 1 aromatic carbocycles. The Morgan fingerprint density at radius 3 is 2.73 bits per heavy atom. The molecule has 2 heterocycles. The summed E-state index contributed by atoms with van der Waals surface area (Å²) in [6, 6.07) is 6.99. The Hall–Kier alpha value is -1.39. The van der Waals surface area contributed by atoms with Crippen LogP contribution < -0.4 is 10.2 Å². The molecular weight excluding hydrogens is 274 g/mol. The number of piperidine rings is 1. The van der Waals surface area contributed by atoms with Crippen molar-refractivity contribution in [1.29, 1.82) is 0 Å². The van der Waals surface area contributed by atoms with E-state index in [1.165, 1.54) is 37.2 Å². The molecule has 1 saturated heterocycles. The minimum Gasteiger partial charge on any atom is -0.368 e. The Morgan fingerprint density at radius 1 is 1.32 bits per heavy atom. The van der Waals surface area contributed by atoms with Gasteiger partial charge < -0.3 is 19.9 Å². The summed E-state index contributed by atoms with van der Waals surface area (Å²) in [5.41, 5.74) is 3.87. The van der Waals surface area contributed by atoms with Gasteiger partial charge in [0, 0.05) is 31.4 Å². The molecule has 1 aromatic rings. The topological polar surface area (TPSA) is 35.6 Å². The number of nitrogens with one attached hydrogen (secondary N) is 1. The fourth-order valence-electron chi connectivity index (χ4n) is 3.85. The van der Waals surface area contributed by atoms with Crippen LogP contribution in [-0.4, -0.2) is 50.5 Å². The zero-order valence-electron chi connectivity index (χ0n) is 13.7. The van der Waals surface area contributed by atoms with E-state index in [-0.39, 0.29) is 6.04 Å². The lowest BCUT2D eigenvalue weighted by atomic mass is 10.0. The van der Waals surface area contributed by atoms with Crippen LogP contribution in [-0.2, 0) is 11.2 Å². The van der Waals surface area contributed by atoms with Gasteiger partial charge >= 0.3 is 0 Å². The van der Waals surface area contributed by atoms with Crippen LogP contribution in [0.3, 0.4) is 0 Å². The van der Waals surface area contributed by atoms with Crippen molar-refractivity contribution < 1.29 is 4.79 Å². The average Bonchev–Trinajstić information content (AvgIpc) is 2.99. The summed E-state index contributed by atoms with van der Waals surface area (Å²) in [7, 11) is 1.84. The predicted octanol–water partition coefficient (Wildman–Crippen LogP) is 1.99. The molecule has 1 atom stereocenters. The second kappa shape index (κ2) is 6.80. The number of hydrogen-bond acceptors (Lipinski definition) is 4. The molecule has 2 aliphatic rings. The van der Waals surface area contributed by atoms with E-state index in [1.807, 2.05) is 7.05 Å². The Balaban J connectivity index is 1.78. The van der Waals surface area contributed by atoms with Crippen molar-refractivity contribution >= 4 is 12.0 Å². The standard InChI is InChI=1S/C18H27N3O/c1-3-20-9-7-16(8-10-20)21-11-6-14-4-5-15(12-18(14)21)17(13-22)19-2/h4-5,12-13,16-17,19H,3,6-11H2,1-2H3. The minimum atomic E-state index is -0.199. The third-order valence-electron chi connectivity index (χ3n) is 5.29. The van der Waals surface area contributed by atoms with Gasteiger partial charge in [-0.2, -0.15) is 0 Å². The molecule has 120 valence electrons. The van der Waals surface area contributed by atoms with Crippen molar-refractivity contribution in [1.82, 2.24) is 10.2 Å². The highest BCUT2D eigenvalue weighted by atomic mass is 16.1. The highest BCUT2D eigenvalue weighted by Gasteiger charge is 2.29. The number of likely N-dealkylation sites (tertiary alicyclic amines) is 1. The summed E-state index contributed by atoms with van der Waals surface area (Å²) in [5, 5.41) is 3.07. The number of aldehydes is 1. The zero-order chi connectivity index (χ0) is 15.5. The number of carbonyl (C=O) groups is 1. The second-order valence-electron chi connectivity index (χ2n) is 6.40. The molecule has 0 amide bonds. The number of anilines is 1. The van der Waals surface area contributed by atoms with E-state index in [4.69, 9.17) is 0 Å². The van der Waals surface area contributed by atoms with E-state index in [0.717, 1.165) is 31.4 Å². The number of likely N-dealkylation sites (N-methyl/N-ethyl adjacent to an activating group) is 1. The number of rotatable bonds is 5. The van der Waals surface area contributed by atoms with E-state index >= 15 is 0 Å². The van der Waals surface area contributed by atoms with Gasteiger partial charge in [0.2, 0.25) is 0 Å². The number of carbonyl (C=O) groups excluding carboxylic acids is 1. The lowest BCUT2D eigenvalue weighted by molar-refractivity contribution is -0.109. The average molecular weight is 301 g/mol. The smallest absolute Gasteiger partial charge is 0.141 e. The van der Waals surface area contributed by atoms with Crippen LogP contribution in [0, 0.1) is 0 Å². The van der Waals surface area contributed by atoms with Gasteiger partial charge in [0.05, 0.1) is 6.04 Å². The Morgan fingerprint density at radius 2 is 2.09 bits per heavy atom. The first-order valence-electron chi connectivity index (χ1n) is 8.51. The van der Waals surface area contributed by atoms with E-state index < -0.39 is 0 Å². The van der Waals surface area contributed by atoms with Crippen LogP contribution in [0.4, 0.5) is 5.69 Å². The quantitative estimate of drug-likeness (QED) is 0.844. The first-order valence-corrected chi connectivity index (χ1v) is 8.51. The SMILES string of the molecule is CCN1CCC(N2CCc3ccc(C(C=O)NC)cc32)CC1. The van der Waals surface area contributed by atoms with Crippen LogP contribution in [0.2, 0.25) is 0 Å². The molecule has 0 bridgehead atoms. The van der Waals surface area contributed by atoms with E-state index in [1.54, 1.807) is 0 Å². The monoisotopic (exact) mass is 301 g/mol. The summed E-state index contributed by atoms with van der Waals surface area (Å²) in [5.74, 6) is 0. The summed E-state index contributed by atoms with van der Waals surface area (Å²) >= 11 is 0. The fourth-order valence-corrected chi connectivity index (χ4v) is 3.85. The molecule has 1 fully saturated rings. The van der Waals surface area contributed by atoms with Crippen LogP contribution in [0.1, 0.15) is 36.9 Å². The fraction of sp³-hybridized carbons (Fsp3) is 0.611. The predicted molar refractivity (Wildman–Crippen MR) is 90.5 cm³/mol. The number of hydrogen-bond donors (Lipinski definition) is 1. The molecule has 4 heteroatoms. The van der Waals surface area contributed by atoms with Crippen LogP contribution >= 0.6 is 0 Å². The molecule has 3 rings (SSSR count). The van der Waals surface area contributed by atoms with Gasteiger partial charge in [-0.05, 0) is 50.0 Å². The van der Waals surface area contributed by atoms with E-state index in [2.05, 4.69) is 40.2 Å². The molecule has 0 aliphatic carbocycles. The number of benzene rings is 1. The molecule has 1 N–H and O–H groups in total. The largest absolute Gasteiger partial charge is 0.368 e. The van der Waals surface area contributed by atoms with Crippen molar-refractivity contribution in [2.45, 2.75) is 38.3 Å². The summed E-state index contributed by atoms with van der Waals surface area (Å²) in [4.78, 5) is 16.3. The van der Waals surface area contributed by atoms with Crippen molar-refractivity contribution in [3.05, 3.63) is 29.3 Å². The third-order valence-corrected chi connectivity index (χ3v) is 5.29. The first kappa shape index (κ1) is 15.5. The molecule has 0 aromatic heterocycles. The van der Waals surface area contributed by atoms with Gasteiger partial charge in [-0.1, -0.05) is 19.1 Å². The van der Waals surface area contributed by atoms with Gasteiger partial charge in [-0.15, -0.1) is 0 Å². The summed E-state index contributed by atoms with van der Waals surface area (Å²) < 4.78 is 0. The minimum absolute atomic E-state index is 0.199. The Labute approximate surface area is 133 Å².